The second-order valence-corrected chi connectivity index (χ2v) is 14.6. The standard InChI is InChI=1S/C29H42FO9P/c1-7-36-40(34,37-8-2)17-35-24-15-27(6)21(14-23-29(27,22(33)16-31)39-25(3,4)38-23)20-10-9-18-13-19(32)11-12-26(18,5)28(20,24)30/h11-13,20-21,23-24,31H,7-10,14-17H2,1-6H3/t20-,21-,23+,24-,26-,27-,28-,29+/m0/s1. The molecule has 0 spiro atoms. The zero-order chi connectivity index (χ0) is 29.4. The fourth-order valence-corrected chi connectivity index (χ4v) is 10.1. The first-order valence-corrected chi connectivity index (χ1v) is 16.0. The number of aliphatic hydroxyl groups excluding tert-OH is 1. The van der Waals surface area contributed by atoms with E-state index in [1.807, 2.05) is 6.92 Å². The summed E-state index contributed by atoms with van der Waals surface area (Å²) >= 11 is 0. The van der Waals surface area contributed by atoms with E-state index in [1.54, 1.807) is 40.7 Å². The van der Waals surface area contributed by atoms with Crippen LogP contribution in [0.5, 0.6) is 0 Å². The Morgan fingerprint density at radius 3 is 2.48 bits per heavy atom. The van der Waals surface area contributed by atoms with Crippen molar-refractivity contribution in [3.05, 3.63) is 23.8 Å². The summed E-state index contributed by atoms with van der Waals surface area (Å²) in [5.74, 6) is -2.71. The van der Waals surface area contributed by atoms with Gasteiger partial charge in [-0.05, 0) is 78.4 Å². The molecule has 11 heteroatoms. The summed E-state index contributed by atoms with van der Waals surface area (Å²) in [5.41, 5.74) is -4.95. The number of Topliss-reactive ketones (excluding diaryl/α,β-unsaturated/α-hetero) is 1. The van der Waals surface area contributed by atoms with Crippen LogP contribution in [0.25, 0.3) is 0 Å². The highest BCUT2D eigenvalue weighted by atomic mass is 31.2. The topological polar surface area (TPSA) is 118 Å². The van der Waals surface area contributed by atoms with Gasteiger partial charge in [0.25, 0.3) is 0 Å². The molecule has 9 nitrogen and oxygen atoms in total. The van der Waals surface area contributed by atoms with Gasteiger partial charge in [-0.25, -0.2) is 4.39 Å². The first-order chi connectivity index (χ1) is 18.7. The third kappa shape index (κ3) is 4.04. The van der Waals surface area contributed by atoms with E-state index >= 15 is 4.39 Å². The van der Waals surface area contributed by atoms with Crippen LogP contribution in [-0.4, -0.2) is 72.1 Å². The molecular formula is C29H42FO9P. The third-order valence-corrected chi connectivity index (χ3v) is 12.0. The first-order valence-electron chi connectivity index (χ1n) is 14.3. The van der Waals surface area contributed by atoms with Gasteiger partial charge in [-0.1, -0.05) is 18.6 Å². The highest BCUT2D eigenvalue weighted by Crippen LogP contribution is 2.73. The highest BCUT2D eigenvalue weighted by Gasteiger charge is 2.80. The molecule has 1 N–H and O–H groups in total. The Bertz CT molecular complexity index is 1170. The van der Waals surface area contributed by atoms with Crippen molar-refractivity contribution in [1.82, 2.24) is 0 Å². The van der Waals surface area contributed by atoms with Crippen LogP contribution in [0.4, 0.5) is 4.39 Å². The molecule has 0 amide bonds. The number of rotatable bonds is 9. The quantitative estimate of drug-likeness (QED) is 0.386. The van der Waals surface area contributed by atoms with E-state index in [0.29, 0.717) is 24.8 Å². The van der Waals surface area contributed by atoms with Gasteiger partial charge in [-0.3, -0.25) is 14.2 Å². The molecule has 224 valence electrons. The summed E-state index contributed by atoms with van der Waals surface area (Å²) in [6, 6.07) is 0. The van der Waals surface area contributed by atoms with Gasteiger partial charge in [-0.15, -0.1) is 0 Å². The summed E-state index contributed by atoms with van der Waals surface area (Å²) < 4.78 is 61.6. The van der Waals surface area contributed by atoms with Crippen molar-refractivity contribution in [3.8, 4) is 0 Å². The Labute approximate surface area is 235 Å². The minimum atomic E-state index is -3.70. The molecular weight excluding hydrogens is 542 g/mol. The SMILES string of the molecule is CCOP(=O)(CO[C@H]1C[C@@]2(C)[C@@H](C[C@H]3OC(C)(C)O[C@]32C(=O)CO)[C@@H]2CCC3=CC(=O)C=C[C@]3(C)[C@@]12F)OCC. The molecule has 1 saturated heterocycles. The van der Waals surface area contributed by atoms with Gasteiger partial charge >= 0.3 is 7.60 Å². The number of allylic oxidation sites excluding steroid dienone is 4. The Morgan fingerprint density at radius 1 is 1.18 bits per heavy atom. The van der Waals surface area contributed by atoms with E-state index in [-0.39, 0.29) is 31.3 Å². The van der Waals surface area contributed by atoms with Crippen LogP contribution in [0.2, 0.25) is 0 Å². The summed E-state index contributed by atoms with van der Waals surface area (Å²) in [7, 11) is -3.70. The van der Waals surface area contributed by atoms with Crippen LogP contribution >= 0.6 is 7.60 Å². The maximum absolute atomic E-state index is 18.3. The lowest BCUT2D eigenvalue weighted by molar-refractivity contribution is -0.251. The average Bonchev–Trinajstić information content (AvgIpc) is 3.29. The second kappa shape index (κ2) is 9.90. The van der Waals surface area contributed by atoms with E-state index in [2.05, 4.69) is 0 Å². The van der Waals surface area contributed by atoms with Gasteiger partial charge in [0.2, 0.25) is 0 Å². The molecule has 4 fully saturated rings. The molecule has 0 radical (unpaired) electrons. The third-order valence-electron chi connectivity index (χ3n) is 10.3. The van der Waals surface area contributed by atoms with Crippen LogP contribution in [-0.2, 0) is 37.4 Å². The highest BCUT2D eigenvalue weighted by molar-refractivity contribution is 7.53. The van der Waals surface area contributed by atoms with Crippen LogP contribution in [0, 0.1) is 22.7 Å². The Kier molecular flexibility index (Phi) is 7.47. The molecule has 1 heterocycles. The van der Waals surface area contributed by atoms with Crippen molar-refractivity contribution in [2.45, 2.75) is 96.5 Å². The first kappa shape index (κ1) is 30.2. The minimum absolute atomic E-state index is 0.0370. The molecule has 40 heavy (non-hydrogen) atoms. The monoisotopic (exact) mass is 584 g/mol. The fourth-order valence-electron chi connectivity index (χ4n) is 8.76. The van der Waals surface area contributed by atoms with Gasteiger partial charge in [0, 0.05) is 16.7 Å². The number of fused-ring (bicyclic) bond motifs is 7. The van der Waals surface area contributed by atoms with Crippen molar-refractivity contribution in [3.63, 3.8) is 0 Å². The van der Waals surface area contributed by atoms with Crippen LogP contribution < -0.4 is 0 Å². The number of aliphatic hydroxyl groups is 1. The number of hydrogen-bond donors (Lipinski definition) is 1. The van der Waals surface area contributed by atoms with Gasteiger partial charge in [-0.2, -0.15) is 0 Å². The Hall–Kier alpha value is -1.26. The van der Waals surface area contributed by atoms with Crippen LogP contribution in [0.15, 0.2) is 23.8 Å². The molecule has 0 aromatic rings. The van der Waals surface area contributed by atoms with Gasteiger partial charge < -0.3 is 28.4 Å². The van der Waals surface area contributed by atoms with E-state index in [4.69, 9.17) is 23.3 Å². The molecule has 5 rings (SSSR count). The number of ether oxygens (including phenoxy) is 3. The predicted molar refractivity (Wildman–Crippen MR) is 143 cm³/mol. The number of carbonyl (C=O) groups is 2. The smallest absolute Gasteiger partial charge is 0.356 e. The molecule has 0 bridgehead atoms. The molecule has 5 aliphatic rings. The van der Waals surface area contributed by atoms with Crippen molar-refractivity contribution in [2.24, 2.45) is 22.7 Å². The summed E-state index contributed by atoms with van der Waals surface area (Å²) in [6.45, 7) is 10.0. The maximum Gasteiger partial charge on any atom is 0.356 e. The number of halogens is 1. The van der Waals surface area contributed by atoms with Crippen molar-refractivity contribution in [2.75, 3.05) is 26.2 Å². The van der Waals surface area contributed by atoms with E-state index in [9.17, 15) is 19.3 Å². The van der Waals surface area contributed by atoms with Gasteiger partial charge in [0.15, 0.2) is 28.6 Å². The normalized spacial score (nSPS) is 43.5. The van der Waals surface area contributed by atoms with E-state index in [0.717, 1.165) is 0 Å². The van der Waals surface area contributed by atoms with Crippen molar-refractivity contribution in [1.29, 1.82) is 0 Å². The lowest BCUT2D eigenvalue weighted by Crippen LogP contribution is -2.70. The summed E-state index contributed by atoms with van der Waals surface area (Å²) in [5, 5.41) is 10.1. The minimum Gasteiger partial charge on any atom is -0.388 e. The van der Waals surface area contributed by atoms with E-state index < -0.39 is 72.3 Å². The lowest BCUT2D eigenvalue weighted by Gasteiger charge is -2.63. The maximum atomic E-state index is 18.3. The Morgan fingerprint density at radius 2 is 1.85 bits per heavy atom. The molecule has 0 aromatic heterocycles. The number of alkyl halides is 1. The number of ketones is 2. The fraction of sp³-hybridized carbons (Fsp3) is 0.793. The van der Waals surface area contributed by atoms with Gasteiger partial charge in [0.05, 0.1) is 25.4 Å². The summed E-state index contributed by atoms with van der Waals surface area (Å²) in [4.78, 5) is 25.9. The van der Waals surface area contributed by atoms with Gasteiger partial charge in [0.1, 0.15) is 13.0 Å². The molecule has 4 aliphatic carbocycles. The van der Waals surface area contributed by atoms with Crippen molar-refractivity contribution < 1.29 is 46.9 Å². The zero-order valence-electron chi connectivity index (χ0n) is 24.2. The zero-order valence-corrected chi connectivity index (χ0v) is 25.1. The lowest BCUT2D eigenvalue weighted by atomic mass is 9.44. The molecule has 3 saturated carbocycles. The largest absolute Gasteiger partial charge is 0.388 e. The molecule has 1 aliphatic heterocycles. The van der Waals surface area contributed by atoms with Crippen LogP contribution in [0.3, 0.4) is 0 Å². The summed E-state index contributed by atoms with van der Waals surface area (Å²) in [6.07, 6.45) is 3.61. The molecule has 0 aromatic carbocycles. The molecule has 8 atom stereocenters. The predicted octanol–water partition coefficient (Wildman–Crippen LogP) is 4.67. The van der Waals surface area contributed by atoms with Crippen LogP contribution in [0.1, 0.15) is 67.2 Å². The van der Waals surface area contributed by atoms with E-state index in [1.165, 1.54) is 12.2 Å². The average molecular weight is 585 g/mol. The van der Waals surface area contributed by atoms with Crippen molar-refractivity contribution >= 4 is 19.2 Å². The molecule has 0 unspecified atom stereocenters. The Balaban J connectivity index is 1.63. The number of carbonyl (C=O) groups excluding carboxylic acids is 2. The number of hydrogen-bond acceptors (Lipinski definition) is 9. The second-order valence-electron chi connectivity index (χ2n) is 12.6.